The Balaban J connectivity index is 1.57. The van der Waals surface area contributed by atoms with Gasteiger partial charge in [0.2, 0.25) is 5.91 Å². The summed E-state index contributed by atoms with van der Waals surface area (Å²) in [6, 6.07) is 18.1. The summed E-state index contributed by atoms with van der Waals surface area (Å²) in [6.45, 7) is 1.71. The van der Waals surface area contributed by atoms with Crippen LogP contribution in [-0.2, 0) is 16.1 Å². The fourth-order valence-electron chi connectivity index (χ4n) is 3.14. The number of benzene rings is 2. The van der Waals surface area contributed by atoms with Crippen molar-refractivity contribution in [2.75, 3.05) is 11.9 Å². The second-order valence-electron chi connectivity index (χ2n) is 6.69. The standard InChI is InChI=1S/C23H19N3O4S/c1-2-30-23(29)16-10-6-7-11-18(16)25-20(27)13-26-14-24-21-17(22(26)28)12-19(31-21)15-8-4-3-5-9-15/h3-12,14H,2,13H2,1H3,(H,25,27). The summed E-state index contributed by atoms with van der Waals surface area (Å²) >= 11 is 1.43. The number of para-hydroxylation sites is 1. The average molecular weight is 433 g/mol. The van der Waals surface area contributed by atoms with Gasteiger partial charge in [-0.05, 0) is 30.7 Å². The minimum absolute atomic E-state index is 0.227. The molecule has 1 amide bonds. The summed E-state index contributed by atoms with van der Waals surface area (Å²) in [5, 5.41) is 3.14. The number of carbonyl (C=O) groups is 2. The molecule has 0 saturated carbocycles. The Morgan fingerprint density at radius 2 is 1.84 bits per heavy atom. The van der Waals surface area contributed by atoms with E-state index in [1.807, 2.05) is 30.3 Å². The van der Waals surface area contributed by atoms with Crippen molar-refractivity contribution < 1.29 is 14.3 Å². The highest BCUT2D eigenvalue weighted by molar-refractivity contribution is 7.21. The van der Waals surface area contributed by atoms with E-state index in [1.54, 1.807) is 37.3 Å². The van der Waals surface area contributed by atoms with E-state index >= 15 is 0 Å². The predicted octanol–water partition coefficient (Wildman–Crippen LogP) is 3.94. The van der Waals surface area contributed by atoms with Crippen LogP contribution in [0.15, 0.2) is 71.8 Å². The van der Waals surface area contributed by atoms with Crippen LogP contribution in [0.4, 0.5) is 5.69 Å². The second kappa shape index (κ2) is 8.93. The van der Waals surface area contributed by atoms with Gasteiger partial charge in [0.1, 0.15) is 11.4 Å². The summed E-state index contributed by atoms with van der Waals surface area (Å²) in [6.07, 6.45) is 1.37. The Hall–Kier alpha value is -3.78. The zero-order valence-electron chi connectivity index (χ0n) is 16.7. The number of thiophene rings is 1. The van der Waals surface area contributed by atoms with E-state index < -0.39 is 11.9 Å². The number of nitrogens with zero attached hydrogens (tertiary/aromatic N) is 2. The van der Waals surface area contributed by atoms with Gasteiger partial charge in [-0.15, -0.1) is 11.3 Å². The number of ether oxygens (including phenoxy) is 1. The molecular weight excluding hydrogens is 414 g/mol. The number of fused-ring (bicyclic) bond motifs is 1. The zero-order chi connectivity index (χ0) is 21.8. The van der Waals surface area contributed by atoms with E-state index in [-0.39, 0.29) is 24.3 Å². The van der Waals surface area contributed by atoms with Crippen molar-refractivity contribution in [3.05, 3.63) is 82.9 Å². The van der Waals surface area contributed by atoms with Crippen molar-refractivity contribution in [1.29, 1.82) is 0 Å². The summed E-state index contributed by atoms with van der Waals surface area (Å²) < 4.78 is 6.28. The highest BCUT2D eigenvalue weighted by atomic mass is 32.1. The molecule has 2 aromatic carbocycles. The van der Waals surface area contributed by atoms with E-state index in [0.29, 0.717) is 15.9 Å². The minimum atomic E-state index is -0.523. The molecule has 0 fully saturated rings. The first-order valence-electron chi connectivity index (χ1n) is 9.67. The van der Waals surface area contributed by atoms with Crippen LogP contribution in [0, 0.1) is 0 Å². The smallest absolute Gasteiger partial charge is 0.340 e. The third kappa shape index (κ3) is 4.39. The third-order valence-corrected chi connectivity index (χ3v) is 5.68. The van der Waals surface area contributed by atoms with Gasteiger partial charge in [-0.1, -0.05) is 42.5 Å². The number of anilines is 1. The van der Waals surface area contributed by atoms with E-state index in [0.717, 1.165) is 10.4 Å². The van der Waals surface area contributed by atoms with Gasteiger partial charge < -0.3 is 10.1 Å². The van der Waals surface area contributed by atoms with Crippen molar-refractivity contribution in [3.8, 4) is 10.4 Å². The molecule has 4 rings (SSSR count). The fraction of sp³-hybridized carbons (Fsp3) is 0.130. The van der Waals surface area contributed by atoms with Crippen LogP contribution in [0.3, 0.4) is 0 Å². The molecule has 2 aromatic heterocycles. The molecule has 0 radical (unpaired) electrons. The lowest BCUT2D eigenvalue weighted by atomic mass is 10.2. The number of nitrogens with one attached hydrogen (secondary N) is 1. The summed E-state index contributed by atoms with van der Waals surface area (Å²) in [5.41, 5.74) is 1.29. The average Bonchev–Trinajstić information content (AvgIpc) is 3.22. The highest BCUT2D eigenvalue weighted by Crippen LogP contribution is 2.30. The van der Waals surface area contributed by atoms with Gasteiger partial charge in [0.15, 0.2) is 0 Å². The number of rotatable bonds is 6. The maximum Gasteiger partial charge on any atom is 0.340 e. The van der Waals surface area contributed by atoms with Crippen LogP contribution in [-0.4, -0.2) is 28.0 Å². The molecule has 0 aliphatic carbocycles. The van der Waals surface area contributed by atoms with Crippen LogP contribution in [0.2, 0.25) is 0 Å². The molecule has 0 bridgehead atoms. The maximum atomic E-state index is 12.9. The zero-order valence-corrected chi connectivity index (χ0v) is 17.5. The largest absolute Gasteiger partial charge is 0.462 e. The molecular formula is C23H19N3O4S. The quantitative estimate of drug-likeness (QED) is 0.465. The van der Waals surface area contributed by atoms with Gasteiger partial charge in [0.05, 0.1) is 29.6 Å². The summed E-state index contributed by atoms with van der Waals surface area (Å²) in [7, 11) is 0. The lowest BCUT2D eigenvalue weighted by Gasteiger charge is -2.11. The van der Waals surface area contributed by atoms with Gasteiger partial charge in [-0.2, -0.15) is 0 Å². The highest BCUT2D eigenvalue weighted by Gasteiger charge is 2.16. The van der Waals surface area contributed by atoms with Crippen molar-refractivity contribution in [2.45, 2.75) is 13.5 Å². The number of hydrogen-bond donors (Lipinski definition) is 1. The number of hydrogen-bond acceptors (Lipinski definition) is 6. The van der Waals surface area contributed by atoms with Crippen LogP contribution in [0.25, 0.3) is 20.7 Å². The SMILES string of the molecule is CCOC(=O)c1ccccc1NC(=O)Cn1cnc2sc(-c3ccccc3)cc2c1=O. The molecule has 8 heteroatoms. The predicted molar refractivity (Wildman–Crippen MR) is 120 cm³/mol. The summed E-state index contributed by atoms with van der Waals surface area (Å²) in [5.74, 6) is -0.969. The molecule has 31 heavy (non-hydrogen) atoms. The maximum absolute atomic E-state index is 12.9. The molecule has 0 aliphatic rings. The number of amides is 1. The number of esters is 1. The Bertz CT molecular complexity index is 1310. The first kappa shape index (κ1) is 20.5. The molecule has 2 heterocycles. The second-order valence-corrected chi connectivity index (χ2v) is 7.72. The number of aromatic nitrogens is 2. The molecule has 156 valence electrons. The topological polar surface area (TPSA) is 90.3 Å². The molecule has 4 aromatic rings. The fourth-order valence-corrected chi connectivity index (χ4v) is 4.14. The van der Waals surface area contributed by atoms with Gasteiger partial charge in [0.25, 0.3) is 5.56 Å². The Labute approximate surface area is 181 Å². The lowest BCUT2D eigenvalue weighted by Crippen LogP contribution is -2.28. The summed E-state index contributed by atoms with van der Waals surface area (Å²) in [4.78, 5) is 43.5. The number of carbonyl (C=O) groups excluding carboxylic acids is 2. The molecule has 0 spiro atoms. The van der Waals surface area contributed by atoms with Crippen LogP contribution >= 0.6 is 11.3 Å². The van der Waals surface area contributed by atoms with E-state index in [9.17, 15) is 14.4 Å². The first-order chi connectivity index (χ1) is 15.1. The van der Waals surface area contributed by atoms with Crippen LogP contribution < -0.4 is 10.9 Å². The van der Waals surface area contributed by atoms with E-state index in [2.05, 4.69) is 10.3 Å². The third-order valence-electron chi connectivity index (χ3n) is 4.59. The molecule has 0 aliphatic heterocycles. The molecule has 0 saturated heterocycles. The molecule has 7 nitrogen and oxygen atoms in total. The van der Waals surface area contributed by atoms with Gasteiger partial charge in [-0.3, -0.25) is 14.2 Å². The Morgan fingerprint density at radius 1 is 1.10 bits per heavy atom. The normalized spacial score (nSPS) is 10.7. The van der Waals surface area contributed by atoms with E-state index in [4.69, 9.17) is 4.74 Å². The first-order valence-corrected chi connectivity index (χ1v) is 10.5. The van der Waals surface area contributed by atoms with Gasteiger partial charge in [-0.25, -0.2) is 9.78 Å². The van der Waals surface area contributed by atoms with E-state index in [1.165, 1.54) is 22.2 Å². The van der Waals surface area contributed by atoms with Crippen molar-refractivity contribution in [2.24, 2.45) is 0 Å². The molecule has 0 unspecified atom stereocenters. The Kier molecular flexibility index (Phi) is 5.90. The van der Waals surface area contributed by atoms with Crippen LogP contribution in [0.5, 0.6) is 0 Å². The van der Waals surface area contributed by atoms with Crippen LogP contribution in [0.1, 0.15) is 17.3 Å². The minimum Gasteiger partial charge on any atom is -0.462 e. The monoisotopic (exact) mass is 433 g/mol. The van der Waals surface area contributed by atoms with Crippen molar-refractivity contribution >= 4 is 39.1 Å². The van der Waals surface area contributed by atoms with Gasteiger partial charge >= 0.3 is 5.97 Å². The Morgan fingerprint density at radius 3 is 2.61 bits per heavy atom. The van der Waals surface area contributed by atoms with Crippen molar-refractivity contribution in [1.82, 2.24) is 9.55 Å². The molecule has 1 N–H and O–H groups in total. The lowest BCUT2D eigenvalue weighted by molar-refractivity contribution is -0.116. The molecule has 0 atom stereocenters. The van der Waals surface area contributed by atoms with Gasteiger partial charge in [0, 0.05) is 4.88 Å². The van der Waals surface area contributed by atoms with Crippen molar-refractivity contribution in [3.63, 3.8) is 0 Å².